The molecule has 1 aromatic heterocycles. The smallest absolute Gasteiger partial charge is 0.335 e. The molecule has 4 nitrogen and oxygen atoms in total. The highest BCUT2D eigenvalue weighted by molar-refractivity contribution is 5.91. The van der Waals surface area contributed by atoms with Crippen molar-refractivity contribution >= 4 is 17.1 Å². The minimum atomic E-state index is -0.936. The molecule has 1 fully saturated rings. The molecule has 0 radical (unpaired) electrons. The highest BCUT2D eigenvalue weighted by Gasteiger charge is 2.16. The van der Waals surface area contributed by atoms with Crippen molar-refractivity contribution in [3.05, 3.63) is 29.7 Å². The first-order valence-corrected chi connectivity index (χ1v) is 7.35. The van der Waals surface area contributed by atoms with Crippen LogP contribution in [-0.4, -0.2) is 16.1 Å². The van der Waals surface area contributed by atoms with Crippen molar-refractivity contribution in [2.45, 2.75) is 44.9 Å². The Morgan fingerprint density at radius 3 is 2.70 bits per heavy atom. The van der Waals surface area contributed by atoms with E-state index in [1.165, 1.54) is 38.5 Å². The van der Waals surface area contributed by atoms with E-state index in [0.29, 0.717) is 11.5 Å². The van der Waals surface area contributed by atoms with Crippen LogP contribution in [0.4, 0.5) is 0 Å². The molecule has 0 aliphatic heterocycles. The summed E-state index contributed by atoms with van der Waals surface area (Å²) < 4.78 is 5.73. The fourth-order valence-corrected chi connectivity index (χ4v) is 3.01. The zero-order chi connectivity index (χ0) is 13.9. The van der Waals surface area contributed by atoms with E-state index in [2.05, 4.69) is 4.98 Å². The van der Waals surface area contributed by atoms with Crippen LogP contribution >= 0.6 is 0 Å². The number of carboxylic acid groups (broad SMARTS) is 1. The van der Waals surface area contributed by atoms with Gasteiger partial charge < -0.3 is 9.52 Å². The Morgan fingerprint density at radius 1 is 1.25 bits per heavy atom. The standard InChI is InChI=1S/C16H19NO3/c18-16(19)12-7-8-13-14(10-12)20-15(17-13)9-11-5-3-1-2-4-6-11/h7-8,10-11H,1-6,9H2,(H,18,19). The van der Waals surface area contributed by atoms with Gasteiger partial charge in [0.15, 0.2) is 11.5 Å². The molecule has 2 aromatic rings. The number of hydrogen-bond donors (Lipinski definition) is 1. The van der Waals surface area contributed by atoms with E-state index in [1.807, 2.05) is 0 Å². The van der Waals surface area contributed by atoms with Crippen LogP contribution in [0.15, 0.2) is 22.6 Å². The second kappa shape index (κ2) is 5.65. The zero-order valence-electron chi connectivity index (χ0n) is 11.5. The second-order valence-electron chi connectivity index (χ2n) is 5.66. The van der Waals surface area contributed by atoms with Gasteiger partial charge in [-0.2, -0.15) is 0 Å². The maximum atomic E-state index is 10.9. The minimum absolute atomic E-state index is 0.245. The Hall–Kier alpha value is -1.84. The molecule has 106 valence electrons. The second-order valence-corrected chi connectivity index (χ2v) is 5.66. The predicted molar refractivity (Wildman–Crippen MR) is 75.9 cm³/mol. The molecule has 0 spiro atoms. The summed E-state index contributed by atoms with van der Waals surface area (Å²) in [7, 11) is 0. The van der Waals surface area contributed by atoms with Crippen LogP contribution in [0.5, 0.6) is 0 Å². The van der Waals surface area contributed by atoms with E-state index >= 15 is 0 Å². The highest BCUT2D eigenvalue weighted by Crippen LogP contribution is 2.27. The van der Waals surface area contributed by atoms with Gasteiger partial charge in [-0.3, -0.25) is 0 Å². The Labute approximate surface area is 117 Å². The van der Waals surface area contributed by atoms with Crippen molar-refractivity contribution < 1.29 is 14.3 Å². The van der Waals surface area contributed by atoms with Crippen LogP contribution in [-0.2, 0) is 6.42 Å². The lowest BCUT2D eigenvalue weighted by atomic mass is 9.97. The third-order valence-electron chi connectivity index (χ3n) is 4.12. The number of aromatic carboxylic acids is 1. The lowest BCUT2D eigenvalue weighted by molar-refractivity contribution is 0.0697. The lowest BCUT2D eigenvalue weighted by Gasteiger charge is -2.10. The molecule has 1 aliphatic rings. The van der Waals surface area contributed by atoms with Crippen molar-refractivity contribution in [3.8, 4) is 0 Å². The van der Waals surface area contributed by atoms with Crippen molar-refractivity contribution in [2.75, 3.05) is 0 Å². The summed E-state index contributed by atoms with van der Waals surface area (Å²) in [5.41, 5.74) is 1.57. The maximum Gasteiger partial charge on any atom is 0.335 e. The van der Waals surface area contributed by atoms with Gasteiger partial charge in [-0.1, -0.05) is 25.7 Å². The van der Waals surface area contributed by atoms with Crippen molar-refractivity contribution in [1.29, 1.82) is 0 Å². The van der Waals surface area contributed by atoms with Gasteiger partial charge in [0.25, 0.3) is 0 Å². The number of nitrogens with zero attached hydrogens (tertiary/aromatic N) is 1. The van der Waals surface area contributed by atoms with Crippen molar-refractivity contribution in [2.24, 2.45) is 5.92 Å². The van der Waals surface area contributed by atoms with Gasteiger partial charge in [0.05, 0.1) is 5.56 Å². The Kier molecular flexibility index (Phi) is 3.72. The Balaban J connectivity index is 1.79. The van der Waals surface area contributed by atoms with Gasteiger partial charge >= 0.3 is 5.97 Å². The van der Waals surface area contributed by atoms with Crippen LogP contribution < -0.4 is 0 Å². The van der Waals surface area contributed by atoms with Crippen molar-refractivity contribution in [3.63, 3.8) is 0 Å². The van der Waals surface area contributed by atoms with Crippen LogP contribution in [0.2, 0.25) is 0 Å². The molecule has 0 amide bonds. The Bertz CT molecular complexity index is 609. The topological polar surface area (TPSA) is 63.3 Å². The molecule has 0 saturated heterocycles. The Morgan fingerprint density at radius 2 is 2.00 bits per heavy atom. The highest BCUT2D eigenvalue weighted by atomic mass is 16.4. The maximum absolute atomic E-state index is 10.9. The SMILES string of the molecule is O=C(O)c1ccc2nc(CC3CCCCCC3)oc2c1. The molecular formula is C16H19NO3. The first-order chi connectivity index (χ1) is 9.72. The summed E-state index contributed by atoms with van der Waals surface area (Å²) in [5.74, 6) is 0.465. The van der Waals surface area contributed by atoms with Crippen LogP contribution in [0.25, 0.3) is 11.1 Å². The number of carboxylic acids is 1. The molecule has 0 bridgehead atoms. The van der Waals surface area contributed by atoms with E-state index in [4.69, 9.17) is 9.52 Å². The molecular weight excluding hydrogens is 254 g/mol. The van der Waals surface area contributed by atoms with Crippen LogP contribution in [0.1, 0.15) is 54.8 Å². The van der Waals surface area contributed by atoms with Gasteiger partial charge in [0.1, 0.15) is 5.52 Å². The van der Waals surface area contributed by atoms with E-state index in [9.17, 15) is 4.79 Å². The quantitative estimate of drug-likeness (QED) is 0.857. The average molecular weight is 273 g/mol. The number of benzene rings is 1. The number of aromatic nitrogens is 1. The first-order valence-electron chi connectivity index (χ1n) is 7.35. The third kappa shape index (κ3) is 2.84. The molecule has 1 heterocycles. The third-order valence-corrected chi connectivity index (χ3v) is 4.12. The number of hydrogen-bond acceptors (Lipinski definition) is 3. The normalized spacial score (nSPS) is 17.2. The zero-order valence-corrected chi connectivity index (χ0v) is 11.5. The number of oxazole rings is 1. The molecule has 4 heteroatoms. The van der Waals surface area contributed by atoms with E-state index < -0.39 is 5.97 Å². The monoisotopic (exact) mass is 273 g/mol. The summed E-state index contributed by atoms with van der Waals surface area (Å²) in [5, 5.41) is 8.98. The molecule has 3 rings (SSSR count). The van der Waals surface area contributed by atoms with Crippen molar-refractivity contribution in [1.82, 2.24) is 4.98 Å². The lowest BCUT2D eigenvalue weighted by Crippen LogP contribution is -2.03. The summed E-state index contributed by atoms with van der Waals surface area (Å²) in [6.45, 7) is 0. The fraction of sp³-hybridized carbons (Fsp3) is 0.500. The first kappa shape index (κ1) is 13.2. The molecule has 0 unspecified atom stereocenters. The summed E-state index contributed by atoms with van der Waals surface area (Å²) in [4.78, 5) is 15.4. The van der Waals surface area contributed by atoms with Crippen LogP contribution in [0.3, 0.4) is 0 Å². The molecule has 1 aliphatic carbocycles. The predicted octanol–water partition coefficient (Wildman–Crippen LogP) is 4.04. The molecule has 0 atom stereocenters. The van der Waals surface area contributed by atoms with Gasteiger partial charge in [-0.05, 0) is 37.0 Å². The van der Waals surface area contributed by atoms with Gasteiger partial charge in [0.2, 0.25) is 0 Å². The average Bonchev–Trinajstić information content (AvgIpc) is 2.64. The van der Waals surface area contributed by atoms with Gasteiger partial charge in [0, 0.05) is 6.42 Å². The molecule has 1 aromatic carbocycles. The number of rotatable bonds is 3. The summed E-state index contributed by atoms with van der Waals surface area (Å²) in [6.07, 6.45) is 8.65. The molecule has 1 saturated carbocycles. The molecule has 1 N–H and O–H groups in total. The number of fused-ring (bicyclic) bond motifs is 1. The molecule has 20 heavy (non-hydrogen) atoms. The summed E-state index contributed by atoms with van der Waals surface area (Å²) in [6, 6.07) is 4.85. The number of carbonyl (C=O) groups is 1. The minimum Gasteiger partial charge on any atom is -0.478 e. The van der Waals surface area contributed by atoms with E-state index in [1.54, 1.807) is 18.2 Å². The van der Waals surface area contributed by atoms with E-state index in [-0.39, 0.29) is 5.56 Å². The summed E-state index contributed by atoms with van der Waals surface area (Å²) >= 11 is 0. The largest absolute Gasteiger partial charge is 0.478 e. The van der Waals surface area contributed by atoms with Gasteiger partial charge in [-0.15, -0.1) is 0 Å². The fourth-order valence-electron chi connectivity index (χ4n) is 3.01. The van der Waals surface area contributed by atoms with Gasteiger partial charge in [-0.25, -0.2) is 9.78 Å². The van der Waals surface area contributed by atoms with E-state index in [0.717, 1.165) is 17.8 Å². The van der Waals surface area contributed by atoms with Crippen LogP contribution in [0, 0.1) is 5.92 Å².